The van der Waals surface area contributed by atoms with Gasteiger partial charge in [-0.25, -0.2) is 4.98 Å². The highest BCUT2D eigenvalue weighted by Crippen LogP contribution is 2.30. The minimum Gasteiger partial charge on any atom is -0.310 e. The first-order valence-electron chi connectivity index (χ1n) is 5.25. The van der Waals surface area contributed by atoms with Gasteiger partial charge >= 0.3 is 0 Å². The second kappa shape index (κ2) is 3.64. The van der Waals surface area contributed by atoms with E-state index in [-0.39, 0.29) is 5.56 Å². The fourth-order valence-electron chi connectivity index (χ4n) is 2.14. The Morgan fingerprint density at radius 3 is 3.13 bits per heavy atom. The topological polar surface area (TPSA) is 57.8 Å². The van der Waals surface area contributed by atoms with Crippen LogP contribution < -0.4 is 10.9 Å². The zero-order valence-corrected chi connectivity index (χ0v) is 9.19. The van der Waals surface area contributed by atoms with Crippen LogP contribution in [0.3, 0.4) is 0 Å². The molecule has 1 fully saturated rings. The van der Waals surface area contributed by atoms with Crippen molar-refractivity contribution in [1.29, 1.82) is 0 Å². The molecule has 15 heavy (non-hydrogen) atoms. The summed E-state index contributed by atoms with van der Waals surface area (Å²) in [4.78, 5) is 19.2. The largest absolute Gasteiger partial charge is 0.310 e. The number of nitrogens with zero attached hydrogens (tertiary/aromatic N) is 1. The molecule has 2 N–H and O–H groups in total. The smallest absolute Gasteiger partial charge is 0.255 e. The van der Waals surface area contributed by atoms with E-state index in [1.165, 1.54) is 5.75 Å². The molecule has 2 aliphatic heterocycles. The predicted octanol–water partition coefficient (Wildman–Crippen LogP) is 0.594. The molecule has 0 bridgehead atoms. The maximum absolute atomic E-state index is 11.7. The molecule has 0 radical (unpaired) electrons. The van der Waals surface area contributed by atoms with E-state index in [1.54, 1.807) is 0 Å². The number of fused-ring (bicyclic) bond motifs is 1. The van der Waals surface area contributed by atoms with Crippen LogP contribution in [-0.4, -0.2) is 21.5 Å². The summed E-state index contributed by atoms with van der Waals surface area (Å²) in [6, 6.07) is 0. The van der Waals surface area contributed by atoms with Gasteiger partial charge in [0.1, 0.15) is 5.82 Å². The van der Waals surface area contributed by atoms with Gasteiger partial charge in [-0.2, -0.15) is 11.8 Å². The van der Waals surface area contributed by atoms with Crippen LogP contribution in [0.1, 0.15) is 29.4 Å². The van der Waals surface area contributed by atoms with Crippen LogP contribution >= 0.6 is 11.8 Å². The van der Waals surface area contributed by atoms with Gasteiger partial charge in [0, 0.05) is 24.8 Å². The van der Waals surface area contributed by atoms with Crippen molar-refractivity contribution in [2.45, 2.75) is 25.4 Å². The van der Waals surface area contributed by atoms with Gasteiger partial charge in [0.25, 0.3) is 5.56 Å². The molecular weight excluding hydrogens is 210 g/mol. The van der Waals surface area contributed by atoms with E-state index in [0.717, 1.165) is 35.8 Å². The molecule has 1 unspecified atom stereocenters. The summed E-state index contributed by atoms with van der Waals surface area (Å²) >= 11 is 1.94. The molecule has 3 heterocycles. The first-order chi connectivity index (χ1) is 7.34. The fraction of sp³-hybridized carbons (Fsp3) is 0.600. The summed E-state index contributed by atoms with van der Waals surface area (Å²) in [5.74, 6) is 3.62. The number of thioether (sulfide) groups is 1. The van der Waals surface area contributed by atoms with E-state index in [4.69, 9.17) is 0 Å². The number of aromatic amines is 1. The average molecular weight is 223 g/mol. The SMILES string of the molecule is O=c1[nH]c(C2CCSC2)nc2c1CNC2. The minimum absolute atomic E-state index is 0.0527. The molecule has 0 amide bonds. The third-order valence-electron chi connectivity index (χ3n) is 3.03. The summed E-state index contributed by atoms with van der Waals surface area (Å²) in [5, 5.41) is 3.16. The summed E-state index contributed by atoms with van der Waals surface area (Å²) in [7, 11) is 0. The van der Waals surface area contributed by atoms with E-state index in [2.05, 4.69) is 15.3 Å². The molecule has 2 aliphatic rings. The third kappa shape index (κ3) is 1.59. The van der Waals surface area contributed by atoms with Gasteiger partial charge < -0.3 is 10.3 Å². The maximum Gasteiger partial charge on any atom is 0.255 e. The quantitative estimate of drug-likeness (QED) is 0.732. The molecule has 1 aromatic rings. The maximum atomic E-state index is 11.7. The van der Waals surface area contributed by atoms with Crippen LogP contribution in [0, 0.1) is 0 Å². The molecule has 3 rings (SSSR count). The van der Waals surface area contributed by atoms with Crippen LogP contribution in [0.25, 0.3) is 0 Å². The Balaban J connectivity index is 2.03. The summed E-state index contributed by atoms with van der Waals surface area (Å²) in [5.41, 5.74) is 1.83. The number of nitrogens with one attached hydrogen (secondary N) is 2. The van der Waals surface area contributed by atoms with Crippen LogP contribution in [0.15, 0.2) is 4.79 Å². The molecule has 5 heteroatoms. The molecule has 1 atom stereocenters. The summed E-state index contributed by atoms with van der Waals surface area (Å²) in [6.07, 6.45) is 1.14. The second-order valence-electron chi connectivity index (χ2n) is 4.04. The fourth-order valence-corrected chi connectivity index (χ4v) is 3.37. The van der Waals surface area contributed by atoms with E-state index in [1.807, 2.05) is 11.8 Å². The van der Waals surface area contributed by atoms with Crippen molar-refractivity contribution < 1.29 is 0 Å². The normalized spacial score (nSPS) is 24.4. The molecule has 0 aliphatic carbocycles. The highest BCUT2D eigenvalue weighted by Gasteiger charge is 2.23. The lowest BCUT2D eigenvalue weighted by molar-refractivity contribution is 0.699. The van der Waals surface area contributed by atoms with Gasteiger partial charge in [0.2, 0.25) is 0 Å². The van der Waals surface area contributed by atoms with Crippen molar-refractivity contribution in [2.24, 2.45) is 0 Å². The van der Waals surface area contributed by atoms with Gasteiger partial charge in [-0.3, -0.25) is 4.79 Å². The molecule has 4 nitrogen and oxygen atoms in total. The van der Waals surface area contributed by atoms with Gasteiger partial charge in [-0.1, -0.05) is 0 Å². The molecule has 1 saturated heterocycles. The number of hydrogen-bond acceptors (Lipinski definition) is 4. The minimum atomic E-state index is 0.0527. The molecule has 1 aromatic heterocycles. The van der Waals surface area contributed by atoms with Crippen molar-refractivity contribution in [3.8, 4) is 0 Å². The number of aromatic nitrogens is 2. The van der Waals surface area contributed by atoms with E-state index < -0.39 is 0 Å². The highest BCUT2D eigenvalue weighted by atomic mass is 32.2. The van der Waals surface area contributed by atoms with E-state index in [9.17, 15) is 4.79 Å². The Morgan fingerprint density at radius 1 is 1.40 bits per heavy atom. The van der Waals surface area contributed by atoms with Gasteiger partial charge in [-0.05, 0) is 12.2 Å². The summed E-state index contributed by atoms with van der Waals surface area (Å²) in [6.45, 7) is 1.41. The van der Waals surface area contributed by atoms with Crippen LogP contribution in [0.2, 0.25) is 0 Å². The van der Waals surface area contributed by atoms with Gasteiger partial charge in [0.05, 0.1) is 11.3 Å². The first-order valence-corrected chi connectivity index (χ1v) is 6.40. The van der Waals surface area contributed by atoms with Crippen molar-refractivity contribution >= 4 is 11.8 Å². The lowest BCUT2D eigenvalue weighted by atomic mass is 10.1. The second-order valence-corrected chi connectivity index (χ2v) is 5.19. The van der Waals surface area contributed by atoms with E-state index in [0.29, 0.717) is 12.5 Å². The number of rotatable bonds is 1. The Morgan fingerprint density at radius 2 is 2.33 bits per heavy atom. The molecular formula is C10H13N3OS. The zero-order chi connectivity index (χ0) is 10.3. The lowest BCUT2D eigenvalue weighted by Crippen LogP contribution is -2.19. The predicted molar refractivity (Wildman–Crippen MR) is 60.1 cm³/mol. The monoisotopic (exact) mass is 223 g/mol. The van der Waals surface area contributed by atoms with Crippen molar-refractivity contribution in [3.63, 3.8) is 0 Å². The van der Waals surface area contributed by atoms with Crippen molar-refractivity contribution in [3.05, 3.63) is 27.4 Å². The molecule has 80 valence electrons. The third-order valence-corrected chi connectivity index (χ3v) is 4.19. The lowest BCUT2D eigenvalue weighted by Gasteiger charge is -2.08. The van der Waals surface area contributed by atoms with Gasteiger partial charge in [0.15, 0.2) is 0 Å². The van der Waals surface area contributed by atoms with E-state index >= 15 is 0 Å². The molecule has 0 saturated carbocycles. The Hall–Kier alpha value is -0.810. The standard InChI is InChI=1S/C10H13N3OS/c14-10-7-3-11-4-8(7)12-9(13-10)6-1-2-15-5-6/h6,11H,1-5H2,(H,12,13,14). The highest BCUT2D eigenvalue weighted by molar-refractivity contribution is 7.99. The van der Waals surface area contributed by atoms with Crippen LogP contribution in [0.4, 0.5) is 0 Å². The Labute approximate surface area is 91.9 Å². The average Bonchev–Trinajstić information content (AvgIpc) is 2.88. The summed E-state index contributed by atoms with van der Waals surface area (Å²) < 4.78 is 0. The van der Waals surface area contributed by atoms with Crippen molar-refractivity contribution in [1.82, 2.24) is 15.3 Å². The zero-order valence-electron chi connectivity index (χ0n) is 8.38. The van der Waals surface area contributed by atoms with Crippen LogP contribution in [-0.2, 0) is 13.1 Å². The van der Waals surface area contributed by atoms with Crippen LogP contribution in [0.5, 0.6) is 0 Å². The first kappa shape index (κ1) is 9.42. The Kier molecular flexibility index (Phi) is 2.29. The van der Waals surface area contributed by atoms with Gasteiger partial charge in [-0.15, -0.1) is 0 Å². The number of H-pyrrole nitrogens is 1. The molecule has 0 spiro atoms. The Bertz CT molecular complexity index is 437. The molecule has 0 aromatic carbocycles. The number of hydrogen-bond donors (Lipinski definition) is 2. The van der Waals surface area contributed by atoms with Crippen molar-refractivity contribution in [2.75, 3.05) is 11.5 Å².